The first-order valence-electron chi connectivity index (χ1n) is 9.78. The molecular weight excluding hydrogens is 456 g/mol. The number of aromatic hydroxyl groups is 2. The third-order valence-corrected chi connectivity index (χ3v) is 6.18. The van der Waals surface area contributed by atoms with E-state index in [1.807, 2.05) is 6.92 Å². The fourth-order valence-electron chi connectivity index (χ4n) is 3.79. The van der Waals surface area contributed by atoms with Gasteiger partial charge in [-0.15, -0.1) is 0 Å². The SMILES string of the molecule is CCc1c(O)c(O)c(Cl)c2c1CCN(C(=O)CCCc1ncc(C(F)(F)F)cc1Cl)C2. The fourth-order valence-corrected chi connectivity index (χ4v) is 4.32. The Labute approximate surface area is 187 Å². The lowest BCUT2D eigenvalue weighted by atomic mass is 9.91. The molecule has 168 valence electrons. The normalized spacial score (nSPS) is 13.9. The number of carbonyl (C=O) groups excluding carboxylic acids is 1. The Balaban J connectivity index is 1.64. The van der Waals surface area contributed by atoms with Gasteiger partial charge in [0.1, 0.15) is 0 Å². The van der Waals surface area contributed by atoms with Crippen LogP contribution in [0.15, 0.2) is 12.3 Å². The number of aryl methyl sites for hydroxylation is 1. The van der Waals surface area contributed by atoms with Gasteiger partial charge in [0.2, 0.25) is 5.91 Å². The predicted octanol–water partition coefficient (Wildman–Crippen LogP) is 5.29. The van der Waals surface area contributed by atoms with E-state index in [0.29, 0.717) is 42.6 Å². The molecule has 0 spiro atoms. The molecule has 0 unspecified atom stereocenters. The van der Waals surface area contributed by atoms with Crippen molar-refractivity contribution in [1.82, 2.24) is 9.88 Å². The van der Waals surface area contributed by atoms with Gasteiger partial charge in [0.05, 0.1) is 21.3 Å². The van der Waals surface area contributed by atoms with Crippen molar-refractivity contribution >= 4 is 29.1 Å². The van der Waals surface area contributed by atoms with Crippen molar-refractivity contribution in [1.29, 1.82) is 0 Å². The third kappa shape index (κ3) is 4.85. The highest BCUT2D eigenvalue weighted by Gasteiger charge is 2.32. The Hall–Kier alpha value is -2.19. The number of aromatic nitrogens is 1. The number of fused-ring (bicyclic) bond motifs is 1. The van der Waals surface area contributed by atoms with Crippen molar-refractivity contribution in [3.63, 3.8) is 0 Å². The lowest BCUT2D eigenvalue weighted by Gasteiger charge is -2.31. The van der Waals surface area contributed by atoms with Gasteiger partial charge in [-0.3, -0.25) is 9.78 Å². The zero-order valence-corrected chi connectivity index (χ0v) is 18.2. The summed E-state index contributed by atoms with van der Waals surface area (Å²) >= 11 is 12.1. The highest BCUT2D eigenvalue weighted by atomic mass is 35.5. The number of nitrogens with zero attached hydrogens (tertiary/aromatic N) is 2. The van der Waals surface area contributed by atoms with Crippen LogP contribution in [0.25, 0.3) is 0 Å². The molecule has 2 heterocycles. The summed E-state index contributed by atoms with van der Waals surface area (Å²) in [7, 11) is 0. The molecule has 2 aromatic rings. The molecule has 0 radical (unpaired) electrons. The molecule has 2 N–H and O–H groups in total. The van der Waals surface area contributed by atoms with E-state index in [4.69, 9.17) is 23.2 Å². The minimum atomic E-state index is -4.51. The molecule has 1 aliphatic rings. The van der Waals surface area contributed by atoms with Crippen molar-refractivity contribution in [2.75, 3.05) is 6.54 Å². The second-order valence-electron chi connectivity index (χ2n) is 7.37. The molecule has 31 heavy (non-hydrogen) atoms. The summed E-state index contributed by atoms with van der Waals surface area (Å²) in [5.74, 6) is -0.739. The first-order valence-corrected chi connectivity index (χ1v) is 10.5. The van der Waals surface area contributed by atoms with Crippen molar-refractivity contribution in [3.8, 4) is 11.5 Å². The molecule has 3 rings (SSSR count). The van der Waals surface area contributed by atoms with Crippen molar-refractivity contribution < 1.29 is 28.2 Å². The number of phenolic OH excluding ortho intramolecular Hbond substituents is 2. The van der Waals surface area contributed by atoms with E-state index in [0.717, 1.165) is 17.8 Å². The highest BCUT2D eigenvalue weighted by molar-refractivity contribution is 6.33. The number of benzene rings is 1. The van der Waals surface area contributed by atoms with E-state index >= 15 is 0 Å². The average Bonchev–Trinajstić information content (AvgIpc) is 2.72. The van der Waals surface area contributed by atoms with Gasteiger partial charge in [0.25, 0.3) is 0 Å². The van der Waals surface area contributed by atoms with Crippen molar-refractivity contribution in [3.05, 3.63) is 50.3 Å². The Kier molecular flexibility index (Phi) is 6.91. The summed E-state index contributed by atoms with van der Waals surface area (Å²) in [6.45, 7) is 2.52. The molecule has 1 aromatic carbocycles. The molecule has 0 aliphatic carbocycles. The van der Waals surface area contributed by atoms with Gasteiger partial charge < -0.3 is 15.1 Å². The van der Waals surface area contributed by atoms with Gasteiger partial charge >= 0.3 is 6.18 Å². The Bertz CT molecular complexity index is 1010. The lowest BCUT2D eigenvalue weighted by molar-refractivity contribution is -0.137. The molecule has 10 heteroatoms. The summed E-state index contributed by atoms with van der Waals surface area (Å²) in [4.78, 5) is 18.1. The Morgan fingerprint density at radius 2 is 1.94 bits per heavy atom. The molecule has 0 saturated heterocycles. The van der Waals surface area contributed by atoms with Crippen LogP contribution in [0.1, 0.15) is 47.7 Å². The van der Waals surface area contributed by atoms with Crippen molar-refractivity contribution in [2.24, 2.45) is 0 Å². The Morgan fingerprint density at radius 1 is 1.23 bits per heavy atom. The van der Waals surface area contributed by atoms with Crippen LogP contribution in [0.2, 0.25) is 10.0 Å². The number of amides is 1. The summed E-state index contributed by atoms with van der Waals surface area (Å²) in [5, 5.41) is 20.2. The summed E-state index contributed by atoms with van der Waals surface area (Å²) in [6, 6.07) is 0.836. The van der Waals surface area contributed by atoms with Gasteiger partial charge in [-0.1, -0.05) is 30.1 Å². The lowest BCUT2D eigenvalue weighted by Crippen LogP contribution is -2.36. The predicted molar refractivity (Wildman–Crippen MR) is 110 cm³/mol. The van der Waals surface area contributed by atoms with Gasteiger partial charge in [-0.25, -0.2) is 0 Å². The second-order valence-corrected chi connectivity index (χ2v) is 8.15. The zero-order chi connectivity index (χ0) is 22.9. The number of alkyl halides is 3. The van der Waals surface area contributed by atoms with Crippen LogP contribution in [0.4, 0.5) is 13.2 Å². The van der Waals surface area contributed by atoms with Crippen molar-refractivity contribution in [2.45, 2.75) is 51.7 Å². The van der Waals surface area contributed by atoms with Crippen LogP contribution < -0.4 is 0 Å². The van der Waals surface area contributed by atoms with E-state index in [-0.39, 0.29) is 46.8 Å². The average molecular weight is 477 g/mol. The smallest absolute Gasteiger partial charge is 0.417 e. The number of phenols is 2. The fraction of sp³-hybridized carbons (Fsp3) is 0.429. The quantitative estimate of drug-likeness (QED) is 0.575. The maximum Gasteiger partial charge on any atom is 0.417 e. The van der Waals surface area contributed by atoms with Crippen LogP contribution in [0, 0.1) is 0 Å². The van der Waals surface area contributed by atoms with Crippen LogP contribution in [-0.4, -0.2) is 32.5 Å². The van der Waals surface area contributed by atoms with Gasteiger partial charge in [0, 0.05) is 31.3 Å². The standard InChI is InChI=1S/C21H21Cl2F3N2O3/c1-2-12-13-6-7-28(10-14(13)18(23)20(31)19(12)30)17(29)5-3-4-16-15(22)8-11(9-27-16)21(24,25)26/h8-9,30-31H,2-7,10H2,1H3. The number of halogens is 5. The summed E-state index contributed by atoms with van der Waals surface area (Å²) in [5.41, 5.74) is 1.50. The first-order chi connectivity index (χ1) is 14.5. The molecule has 5 nitrogen and oxygen atoms in total. The van der Waals surface area contributed by atoms with E-state index in [9.17, 15) is 28.2 Å². The monoisotopic (exact) mass is 476 g/mol. The van der Waals surface area contributed by atoms with Crippen LogP contribution >= 0.6 is 23.2 Å². The van der Waals surface area contributed by atoms with E-state index in [1.54, 1.807) is 4.90 Å². The topological polar surface area (TPSA) is 73.7 Å². The zero-order valence-electron chi connectivity index (χ0n) is 16.7. The van der Waals surface area contributed by atoms with E-state index < -0.39 is 11.7 Å². The molecule has 0 fully saturated rings. The number of hydrogen-bond donors (Lipinski definition) is 2. The molecule has 0 saturated carbocycles. The molecule has 1 aliphatic heterocycles. The van der Waals surface area contributed by atoms with Crippen LogP contribution in [0.3, 0.4) is 0 Å². The summed E-state index contributed by atoms with van der Waals surface area (Å²) < 4.78 is 38.1. The number of rotatable bonds is 5. The molecule has 0 bridgehead atoms. The number of pyridine rings is 1. The number of carbonyl (C=O) groups is 1. The maximum atomic E-state index is 12.7. The highest BCUT2D eigenvalue weighted by Crippen LogP contribution is 2.44. The third-order valence-electron chi connectivity index (χ3n) is 5.45. The maximum absolute atomic E-state index is 12.7. The minimum Gasteiger partial charge on any atom is -0.504 e. The second kappa shape index (κ2) is 9.12. The van der Waals surface area contributed by atoms with Gasteiger partial charge in [-0.2, -0.15) is 13.2 Å². The minimum absolute atomic E-state index is 0.0444. The molecule has 1 aromatic heterocycles. The molecule has 1 amide bonds. The number of hydrogen-bond acceptors (Lipinski definition) is 4. The van der Waals surface area contributed by atoms with E-state index in [2.05, 4.69) is 4.98 Å². The Morgan fingerprint density at radius 3 is 2.55 bits per heavy atom. The van der Waals surface area contributed by atoms with Gasteiger partial charge in [-0.05, 0) is 42.9 Å². The van der Waals surface area contributed by atoms with Crippen LogP contribution in [0.5, 0.6) is 11.5 Å². The molecule has 0 atom stereocenters. The van der Waals surface area contributed by atoms with Crippen LogP contribution in [-0.2, 0) is 36.8 Å². The first kappa shape index (κ1) is 23.5. The van der Waals surface area contributed by atoms with Gasteiger partial charge in [0.15, 0.2) is 11.5 Å². The molecular formula is C21H21Cl2F3N2O3. The summed E-state index contributed by atoms with van der Waals surface area (Å²) in [6.07, 6.45) is -1.95. The van der Waals surface area contributed by atoms with E-state index in [1.165, 1.54) is 0 Å². The largest absolute Gasteiger partial charge is 0.504 e.